The van der Waals surface area contributed by atoms with Gasteiger partial charge in [0.15, 0.2) is 0 Å². The fourth-order valence-corrected chi connectivity index (χ4v) is 1.60. The van der Waals surface area contributed by atoms with E-state index in [-0.39, 0.29) is 5.91 Å². The van der Waals surface area contributed by atoms with Crippen molar-refractivity contribution in [3.63, 3.8) is 0 Å². The molecule has 0 aliphatic heterocycles. The molecule has 1 aromatic rings. The lowest BCUT2D eigenvalue weighted by atomic mass is 10.1. The van der Waals surface area contributed by atoms with Gasteiger partial charge < -0.3 is 20.1 Å². The molecule has 1 amide bonds. The molecule has 0 saturated heterocycles. The minimum atomic E-state index is -0.0801. The molecule has 0 heterocycles. The molecule has 0 atom stereocenters. The number of hydrogen-bond acceptors (Lipinski definition) is 4. The van der Waals surface area contributed by atoms with Crippen LogP contribution in [0.4, 0.5) is 5.69 Å². The summed E-state index contributed by atoms with van der Waals surface area (Å²) in [7, 11) is 3.41. The number of carbonyl (C=O) groups is 1. The average molecular weight is 280 g/mol. The summed E-state index contributed by atoms with van der Waals surface area (Å²) in [6, 6.07) is 5.06. The lowest BCUT2D eigenvalue weighted by molar-refractivity contribution is 0.0817. The summed E-state index contributed by atoms with van der Waals surface area (Å²) in [6.07, 6.45) is 0. The van der Waals surface area contributed by atoms with E-state index in [9.17, 15) is 4.79 Å². The summed E-state index contributed by atoms with van der Waals surface area (Å²) in [4.78, 5) is 13.3. The van der Waals surface area contributed by atoms with Crippen LogP contribution in [0.5, 0.6) is 5.75 Å². The first-order valence-corrected chi connectivity index (χ1v) is 6.73. The SMILES string of the molecule is CC(C)COCCOc1ccc(C(=O)N(C)C)cc1N. The van der Waals surface area contributed by atoms with Crippen molar-refractivity contribution in [3.8, 4) is 5.75 Å². The number of hydrogen-bond donors (Lipinski definition) is 1. The van der Waals surface area contributed by atoms with Crippen LogP contribution < -0.4 is 10.5 Å². The average Bonchev–Trinajstić information content (AvgIpc) is 2.38. The van der Waals surface area contributed by atoms with E-state index in [2.05, 4.69) is 13.8 Å². The predicted molar refractivity (Wildman–Crippen MR) is 80.0 cm³/mol. The van der Waals surface area contributed by atoms with E-state index in [1.165, 1.54) is 4.90 Å². The van der Waals surface area contributed by atoms with Crippen LogP contribution in [-0.4, -0.2) is 44.7 Å². The van der Waals surface area contributed by atoms with E-state index in [1.54, 1.807) is 32.3 Å². The van der Waals surface area contributed by atoms with Crippen molar-refractivity contribution in [2.75, 3.05) is 39.6 Å². The third kappa shape index (κ3) is 5.09. The monoisotopic (exact) mass is 280 g/mol. The smallest absolute Gasteiger partial charge is 0.253 e. The number of nitrogen functional groups attached to an aromatic ring is 1. The van der Waals surface area contributed by atoms with Gasteiger partial charge in [0.25, 0.3) is 5.91 Å². The molecule has 0 aromatic heterocycles. The molecule has 0 aliphatic rings. The molecule has 0 bridgehead atoms. The van der Waals surface area contributed by atoms with E-state index < -0.39 is 0 Å². The molecule has 1 aromatic carbocycles. The van der Waals surface area contributed by atoms with Crippen LogP contribution in [0.2, 0.25) is 0 Å². The molecule has 5 heteroatoms. The molecule has 0 saturated carbocycles. The Hall–Kier alpha value is -1.75. The first kappa shape index (κ1) is 16.3. The Bertz CT molecular complexity index is 445. The zero-order valence-electron chi connectivity index (χ0n) is 12.7. The Labute approximate surface area is 120 Å². The van der Waals surface area contributed by atoms with Crippen LogP contribution in [0, 0.1) is 5.92 Å². The molecule has 0 radical (unpaired) electrons. The van der Waals surface area contributed by atoms with E-state index in [1.807, 2.05) is 0 Å². The third-order valence-corrected chi connectivity index (χ3v) is 2.60. The van der Waals surface area contributed by atoms with E-state index in [0.717, 1.165) is 6.61 Å². The Morgan fingerprint density at radius 2 is 2.00 bits per heavy atom. The van der Waals surface area contributed by atoms with E-state index in [0.29, 0.717) is 36.1 Å². The van der Waals surface area contributed by atoms with Gasteiger partial charge in [0.2, 0.25) is 0 Å². The maximum atomic E-state index is 11.8. The lowest BCUT2D eigenvalue weighted by Gasteiger charge is -2.13. The van der Waals surface area contributed by atoms with Gasteiger partial charge >= 0.3 is 0 Å². The molecule has 0 unspecified atom stereocenters. The maximum Gasteiger partial charge on any atom is 0.253 e. The van der Waals surface area contributed by atoms with Crippen LogP contribution in [-0.2, 0) is 4.74 Å². The summed E-state index contributed by atoms with van der Waals surface area (Å²) >= 11 is 0. The summed E-state index contributed by atoms with van der Waals surface area (Å²) in [6.45, 7) is 5.88. The summed E-state index contributed by atoms with van der Waals surface area (Å²) in [5.74, 6) is 1.01. The molecule has 2 N–H and O–H groups in total. The molecular weight excluding hydrogens is 256 g/mol. The highest BCUT2D eigenvalue weighted by Crippen LogP contribution is 2.23. The van der Waals surface area contributed by atoms with E-state index in [4.69, 9.17) is 15.2 Å². The maximum absolute atomic E-state index is 11.8. The van der Waals surface area contributed by atoms with Crippen molar-refractivity contribution in [3.05, 3.63) is 23.8 Å². The minimum Gasteiger partial charge on any atom is -0.489 e. The Kier molecular flexibility index (Phi) is 6.31. The highest BCUT2D eigenvalue weighted by atomic mass is 16.5. The van der Waals surface area contributed by atoms with Crippen molar-refractivity contribution >= 4 is 11.6 Å². The topological polar surface area (TPSA) is 64.8 Å². The molecule has 5 nitrogen and oxygen atoms in total. The molecule has 0 spiro atoms. The lowest BCUT2D eigenvalue weighted by Crippen LogP contribution is -2.21. The number of carbonyl (C=O) groups excluding carboxylic acids is 1. The molecule has 0 aliphatic carbocycles. The van der Waals surface area contributed by atoms with E-state index >= 15 is 0 Å². The molecule has 112 valence electrons. The number of ether oxygens (including phenoxy) is 2. The summed E-state index contributed by atoms with van der Waals surface area (Å²) < 4.78 is 11.0. The summed E-state index contributed by atoms with van der Waals surface area (Å²) in [5, 5.41) is 0. The minimum absolute atomic E-state index is 0.0801. The van der Waals surface area contributed by atoms with Gasteiger partial charge in [-0.2, -0.15) is 0 Å². The van der Waals surface area contributed by atoms with Crippen LogP contribution in [0.25, 0.3) is 0 Å². The second kappa shape index (κ2) is 7.75. The molecule has 1 rings (SSSR count). The van der Waals surface area contributed by atoms with Gasteiger partial charge in [0.05, 0.1) is 12.3 Å². The molecular formula is C15H24N2O3. The molecule has 0 fully saturated rings. The second-order valence-corrected chi connectivity index (χ2v) is 5.27. The fraction of sp³-hybridized carbons (Fsp3) is 0.533. The van der Waals surface area contributed by atoms with Crippen molar-refractivity contribution in [1.29, 1.82) is 0 Å². The van der Waals surface area contributed by atoms with Crippen molar-refractivity contribution in [2.24, 2.45) is 5.92 Å². The van der Waals surface area contributed by atoms with Crippen LogP contribution in [0.1, 0.15) is 24.2 Å². The van der Waals surface area contributed by atoms with Crippen LogP contribution in [0.3, 0.4) is 0 Å². The first-order valence-electron chi connectivity index (χ1n) is 6.73. The van der Waals surface area contributed by atoms with Crippen molar-refractivity contribution in [1.82, 2.24) is 4.90 Å². The van der Waals surface area contributed by atoms with Gasteiger partial charge in [0.1, 0.15) is 12.4 Å². The zero-order chi connectivity index (χ0) is 15.1. The van der Waals surface area contributed by atoms with Crippen LogP contribution >= 0.6 is 0 Å². The van der Waals surface area contributed by atoms with Crippen LogP contribution in [0.15, 0.2) is 18.2 Å². The number of benzene rings is 1. The van der Waals surface area contributed by atoms with Gasteiger partial charge in [-0.05, 0) is 24.1 Å². The highest BCUT2D eigenvalue weighted by molar-refractivity contribution is 5.95. The van der Waals surface area contributed by atoms with Gasteiger partial charge in [-0.1, -0.05) is 13.8 Å². The number of anilines is 1. The van der Waals surface area contributed by atoms with Gasteiger partial charge in [-0.15, -0.1) is 0 Å². The van der Waals surface area contributed by atoms with Gasteiger partial charge in [-0.25, -0.2) is 0 Å². The molecule has 20 heavy (non-hydrogen) atoms. The number of rotatable bonds is 7. The first-order chi connectivity index (χ1) is 9.41. The van der Waals surface area contributed by atoms with Gasteiger partial charge in [-0.3, -0.25) is 4.79 Å². The second-order valence-electron chi connectivity index (χ2n) is 5.27. The number of amides is 1. The van der Waals surface area contributed by atoms with Crippen molar-refractivity contribution < 1.29 is 14.3 Å². The third-order valence-electron chi connectivity index (χ3n) is 2.60. The summed E-state index contributed by atoms with van der Waals surface area (Å²) in [5.41, 5.74) is 6.90. The fourth-order valence-electron chi connectivity index (χ4n) is 1.60. The zero-order valence-corrected chi connectivity index (χ0v) is 12.7. The number of nitrogens with zero attached hydrogens (tertiary/aromatic N) is 1. The Morgan fingerprint density at radius 3 is 2.55 bits per heavy atom. The Morgan fingerprint density at radius 1 is 1.30 bits per heavy atom. The van der Waals surface area contributed by atoms with Gasteiger partial charge in [0, 0.05) is 26.3 Å². The Balaban J connectivity index is 2.50. The quantitative estimate of drug-likeness (QED) is 0.613. The largest absolute Gasteiger partial charge is 0.489 e. The normalized spacial score (nSPS) is 10.7. The standard InChI is InChI=1S/C15H24N2O3/c1-11(2)10-19-7-8-20-14-6-5-12(9-13(14)16)15(18)17(3)4/h5-6,9,11H,7-8,10,16H2,1-4H3. The highest BCUT2D eigenvalue weighted by Gasteiger charge is 2.10. The number of nitrogens with two attached hydrogens (primary N) is 1. The van der Waals surface area contributed by atoms with Crippen molar-refractivity contribution in [2.45, 2.75) is 13.8 Å². The predicted octanol–water partition coefficient (Wildman–Crippen LogP) is 2.02.